The second kappa shape index (κ2) is 1.85. The summed E-state index contributed by atoms with van der Waals surface area (Å²) in [4.78, 5) is 0. The van der Waals surface area contributed by atoms with Gasteiger partial charge in [0.25, 0.3) is 0 Å². The Kier molecular flexibility index (Phi) is 1.10. The van der Waals surface area contributed by atoms with E-state index in [1.165, 1.54) is 24.0 Å². The Morgan fingerprint density at radius 3 is 2.80 bits per heavy atom. The van der Waals surface area contributed by atoms with Crippen LogP contribution in [0.25, 0.3) is 0 Å². The van der Waals surface area contributed by atoms with E-state index >= 15 is 0 Å². The molecule has 0 nitrogen and oxygen atoms in total. The molecule has 2 rings (SSSR count). The average molecular weight is 132 g/mol. The van der Waals surface area contributed by atoms with Gasteiger partial charge in [0.2, 0.25) is 0 Å². The van der Waals surface area contributed by atoms with E-state index in [4.69, 9.17) is 0 Å². The molecular weight excluding hydrogens is 120 g/mol. The number of hydrogen-bond donors (Lipinski definition) is 0. The third-order valence-electron chi connectivity index (χ3n) is 2.35. The number of allylic oxidation sites excluding steroid dienone is 6. The van der Waals surface area contributed by atoms with Crippen LogP contribution in [0, 0.1) is 0 Å². The Balaban J connectivity index is 2.44. The molecule has 0 bridgehead atoms. The van der Waals surface area contributed by atoms with E-state index in [9.17, 15) is 0 Å². The number of fused-ring (bicyclic) bond motifs is 1. The summed E-state index contributed by atoms with van der Waals surface area (Å²) in [5.74, 6) is 0. The SMILES string of the molecule is CC1=CC2=CCC(C)=C2C1. The minimum absolute atomic E-state index is 1.19. The van der Waals surface area contributed by atoms with Gasteiger partial charge in [0.05, 0.1) is 0 Å². The van der Waals surface area contributed by atoms with Gasteiger partial charge in [-0.3, -0.25) is 0 Å². The Labute approximate surface area is 61.9 Å². The molecule has 0 radical (unpaired) electrons. The van der Waals surface area contributed by atoms with Crippen LogP contribution in [0.4, 0.5) is 0 Å². The van der Waals surface area contributed by atoms with Crippen LogP contribution in [0.3, 0.4) is 0 Å². The molecule has 0 aromatic heterocycles. The predicted molar refractivity (Wildman–Crippen MR) is 43.8 cm³/mol. The fourth-order valence-electron chi connectivity index (χ4n) is 1.75. The minimum Gasteiger partial charge on any atom is -0.0729 e. The van der Waals surface area contributed by atoms with Crippen molar-refractivity contribution in [2.24, 2.45) is 0 Å². The molecule has 0 N–H and O–H groups in total. The first-order chi connectivity index (χ1) is 4.77. The molecule has 0 saturated carbocycles. The first-order valence-corrected chi connectivity index (χ1v) is 3.83. The average Bonchev–Trinajstić information content (AvgIpc) is 2.35. The summed E-state index contributed by atoms with van der Waals surface area (Å²) < 4.78 is 0. The lowest BCUT2D eigenvalue weighted by atomic mass is 10.1. The highest BCUT2D eigenvalue weighted by Crippen LogP contribution is 2.37. The van der Waals surface area contributed by atoms with Crippen molar-refractivity contribution in [3.8, 4) is 0 Å². The fraction of sp³-hybridized carbons (Fsp3) is 0.400. The standard InChI is InChI=1S/C10H12/c1-7-5-9-4-3-8(2)10(9)6-7/h4-5H,3,6H2,1-2H3. The molecule has 2 aliphatic carbocycles. The van der Waals surface area contributed by atoms with E-state index < -0.39 is 0 Å². The number of hydrogen-bond acceptors (Lipinski definition) is 0. The lowest BCUT2D eigenvalue weighted by molar-refractivity contribution is 1.13. The summed E-state index contributed by atoms with van der Waals surface area (Å²) in [5.41, 5.74) is 6.18. The van der Waals surface area contributed by atoms with Crippen molar-refractivity contribution in [3.05, 3.63) is 34.4 Å². The van der Waals surface area contributed by atoms with Crippen molar-refractivity contribution in [1.29, 1.82) is 0 Å². The minimum atomic E-state index is 1.19. The highest BCUT2D eigenvalue weighted by Gasteiger charge is 2.17. The molecule has 0 unspecified atom stereocenters. The van der Waals surface area contributed by atoms with Gasteiger partial charge in [-0.05, 0) is 37.8 Å². The molecule has 0 heterocycles. The van der Waals surface area contributed by atoms with Gasteiger partial charge in [0.1, 0.15) is 0 Å². The quantitative estimate of drug-likeness (QED) is 0.475. The third kappa shape index (κ3) is 0.683. The predicted octanol–water partition coefficient (Wildman–Crippen LogP) is 2.98. The molecule has 52 valence electrons. The zero-order valence-corrected chi connectivity index (χ0v) is 6.57. The first-order valence-electron chi connectivity index (χ1n) is 3.83. The van der Waals surface area contributed by atoms with Crippen LogP contribution in [-0.2, 0) is 0 Å². The summed E-state index contributed by atoms with van der Waals surface area (Å²) in [6.07, 6.45) is 7.04. The maximum atomic E-state index is 2.33. The van der Waals surface area contributed by atoms with Gasteiger partial charge in [0.15, 0.2) is 0 Å². The van der Waals surface area contributed by atoms with Crippen molar-refractivity contribution in [1.82, 2.24) is 0 Å². The van der Waals surface area contributed by atoms with Crippen LogP contribution >= 0.6 is 0 Å². The Morgan fingerprint density at radius 1 is 1.30 bits per heavy atom. The van der Waals surface area contributed by atoms with Gasteiger partial charge in [-0.1, -0.05) is 23.3 Å². The third-order valence-corrected chi connectivity index (χ3v) is 2.35. The van der Waals surface area contributed by atoms with Crippen molar-refractivity contribution < 1.29 is 0 Å². The highest BCUT2D eigenvalue weighted by molar-refractivity contribution is 5.55. The van der Waals surface area contributed by atoms with Crippen LogP contribution in [0.2, 0.25) is 0 Å². The lowest BCUT2D eigenvalue weighted by Gasteiger charge is -1.96. The van der Waals surface area contributed by atoms with E-state index in [-0.39, 0.29) is 0 Å². The molecule has 0 aromatic rings. The van der Waals surface area contributed by atoms with E-state index in [1.807, 2.05) is 0 Å². The van der Waals surface area contributed by atoms with Crippen molar-refractivity contribution in [3.63, 3.8) is 0 Å². The van der Waals surface area contributed by atoms with Crippen molar-refractivity contribution >= 4 is 0 Å². The summed E-state index contributed by atoms with van der Waals surface area (Å²) in [6, 6.07) is 0. The Morgan fingerprint density at radius 2 is 2.10 bits per heavy atom. The van der Waals surface area contributed by atoms with Crippen LogP contribution in [0.5, 0.6) is 0 Å². The molecule has 0 aromatic carbocycles. The Bertz CT molecular complexity index is 262. The van der Waals surface area contributed by atoms with Gasteiger partial charge < -0.3 is 0 Å². The summed E-state index contributed by atoms with van der Waals surface area (Å²) >= 11 is 0. The van der Waals surface area contributed by atoms with Gasteiger partial charge in [-0.15, -0.1) is 0 Å². The largest absolute Gasteiger partial charge is 0.0729 e. The van der Waals surface area contributed by atoms with Crippen molar-refractivity contribution in [2.45, 2.75) is 26.7 Å². The second-order valence-electron chi connectivity index (χ2n) is 3.29. The number of rotatable bonds is 0. The second-order valence-corrected chi connectivity index (χ2v) is 3.29. The normalized spacial score (nSPS) is 23.0. The molecule has 0 saturated heterocycles. The first kappa shape index (κ1) is 5.96. The molecule has 0 spiro atoms. The molecule has 0 fully saturated rings. The smallest absolute Gasteiger partial charge is 0.00612 e. The van der Waals surface area contributed by atoms with Gasteiger partial charge in [-0.25, -0.2) is 0 Å². The molecule has 0 amide bonds. The fourth-order valence-corrected chi connectivity index (χ4v) is 1.75. The summed E-state index contributed by atoms with van der Waals surface area (Å²) in [5, 5.41) is 0. The topological polar surface area (TPSA) is 0 Å². The molecular formula is C10H12. The Hall–Kier alpha value is -0.780. The van der Waals surface area contributed by atoms with Crippen molar-refractivity contribution in [2.75, 3.05) is 0 Å². The molecule has 0 aliphatic heterocycles. The van der Waals surface area contributed by atoms with E-state index in [2.05, 4.69) is 26.0 Å². The molecule has 0 heteroatoms. The van der Waals surface area contributed by atoms with E-state index in [0.29, 0.717) is 0 Å². The monoisotopic (exact) mass is 132 g/mol. The van der Waals surface area contributed by atoms with Gasteiger partial charge in [-0.2, -0.15) is 0 Å². The van der Waals surface area contributed by atoms with E-state index in [0.717, 1.165) is 0 Å². The van der Waals surface area contributed by atoms with Crippen LogP contribution in [-0.4, -0.2) is 0 Å². The van der Waals surface area contributed by atoms with Crippen LogP contribution in [0.15, 0.2) is 34.4 Å². The maximum Gasteiger partial charge on any atom is -0.00612 e. The summed E-state index contributed by atoms with van der Waals surface area (Å²) in [6.45, 7) is 4.45. The van der Waals surface area contributed by atoms with Gasteiger partial charge in [0, 0.05) is 0 Å². The maximum absolute atomic E-state index is 2.33. The lowest BCUT2D eigenvalue weighted by Crippen LogP contribution is -1.77. The highest BCUT2D eigenvalue weighted by atomic mass is 14.2. The van der Waals surface area contributed by atoms with Crippen LogP contribution < -0.4 is 0 Å². The zero-order chi connectivity index (χ0) is 7.14. The molecule has 10 heavy (non-hydrogen) atoms. The van der Waals surface area contributed by atoms with E-state index in [1.54, 1.807) is 11.1 Å². The van der Waals surface area contributed by atoms with Gasteiger partial charge >= 0.3 is 0 Å². The molecule has 2 aliphatic rings. The molecule has 0 atom stereocenters. The summed E-state index contributed by atoms with van der Waals surface area (Å²) in [7, 11) is 0. The van der Waals surface area contributed by atoms with Crippen LogP contribution in [0.1, 0.15) is 26.7 Å². The zero-order valence-electron chi connectivity index (χ0n) is 6.57.